The van der Waals surface area contributed by atoms with Gasteiger partial charge in [-0.3, -0.25) is 4.79 Å². The minimum Gasteiger partial charge on any atom is -0.455 e. The van der Waals surface area contributed by atoms with E-state index in [-0.39, 0.29) is 5.91 Å². The third-order valence-electron chi connectivity index (χ3n) is 2.55. The van der Waals surface area contributed by atoms with Gasteiger partial charge in [0.15, 0.2) is 5.75 Å². The molecule has 0 saturated heterocycles. The molecule has 2 aromatic carbocycles. The number of nitrogens with zero attached hydrogens (tertiary/aromatic N) is 1. The average Bonchev–Trinajstić information content (AvgIpc) is 2.43. The van der Waals surface area contributed by atoms with Crippen LogP contribution in [0.5, 0.6) is 11.5 Å². The molecule has 0 aliphatic carbocycles. The van der Waals surface area contributed by atoms with Gasteiger partial charge in [-0.1, -0.05) is 0 Å². The van der Waals surface area contributed by atoms with Crippen molar-refractivity contribution in [1.82, 2.24) is 0 Å². The molecule has 3 N–H and O–H groups in total. The van der Waals surface area contributed by atoms with Gasteiger partial charge in [0.25, 0.3) is 0 Å². The van der Waals surface area contributed by atoms with Crippen molar-refractivity contribution in [3.63, 3.8) is 0 Å². The van der Waals surface area contributed by atoms with Crippen LogP contribution in [0.4, 0.5) is 11.4 Å². The number of carbonyl (C=O) groups is 1. The van der Waals surface area contributed by atoms with Crippen LogP contribution in [-0.4, -0.2) is 5.91 Å². The first-order valence-electron chi connectivity index (χ1n) is 5.93. The molecule has 0 aliphatic heterocycles. The number of nitrogen functional groups attached to an aromatic ring is 1. The second kappa shape index (κ2) is 5.76. The number of benzene rings is 2. The number of carbonyl (C=O) groups excluding carboxylic acids is 1. The summed E-state index contributed by atoms with van der Waals surface area (Å²) >= 11 is 0. The van der Waals surface area contributed by atoms with Crippen LogP contribution in [-0.2, 0) is 4.79 Å². The molecule has 0 atom stereocenters. The summed E-state index contributed by atoms with van der Waals surface area (Å²) in [5.41, 5.74) is 7.46. The molecule has 2 rings (SSSR count). The number of rotatable bonds is 3. The number of nitrogens with one attached hydrogen (secondary N) is 1. The Morgan fingerprint density at radius 2 is 1.95 bits per heavy atom. The van der Waals surface area contributed by atoms with Crippen LogP contribution >= 0.6 is 0 Å². The summed E-state index contributed by atoms with van der Waals surface area (Å²) in [6.07, 6.45) is 0. The Balaban J connectivity index is 2.23. The van der Waals surface area contributed by atoms with Crippen molar-refractivity contribution < 1.29 is 9.53 Å². The number of amides is 1. The molecule has 0 spiro atoms. The van der Waals surface area contributed by atoms with Crippen molar-refractivity contribution in [2.45, 2.75) is 6.92 Å². The van der Waals surface area contributed by atoms with Crippen molar-refractivity contribution in [3.05, 3.63) is 48.0 Å². The van der Waals surface area contributed by atoms with E-state index in [0.717, 1.165) is 0 Å². The number of ether oxygens (including phenoxy) is 1. The van der Waals surface area contributed by atoms with Gasteiger partial charge in [-0.05, 0) is 36.4 Å². The Bertz CT molecular complexity index is 673. The van der Waals surface area contributed by atoms with E-state index in [1.165, 1.54) is 6.92 Å². The van der Waals surface area contributed by atoms with Gasteiger partial charge in [-0.25, -0.2) is 0 Å². The van der Waals surface area contributed by atoms with Crippen molar-refractivity contribution >= 4 is 17.3 Å². The zero-order chi connectivity index (χ0) is 14.5. The predicted molar refractivity (Wildman–Crippen MR) is 76.4 cm³/mol. The second-order valence-electron chi connectivity index (χ2n) is 4.17. The van der Waals surface area contributed by atoms with E-state index in [0.29, 0.717) is 28.4 Å². The zero-order valence-corrected chi connectivity index (χ0v) is 10.9. The van der Waals surface area contributed by atoms with E-state index < -0.39 is 0 Å². The van der Waals surface area contributed by atoms with Crippen LogP contribution in [0.1, 0.15) is 12.5 Å². The van der Waals surface area contributed by atoms with Gasteiger partial charge in [0.2, 0.25) is 5.91 Å². The van der Waals surface area contributed by atoms with Crippen molar-refractivity contribution in [2.75, 3.05) is 11.1 Å². The van der Waals surface area contributed by atoms with Gasteiger partial charge in [0.1, 0.15) is 5.75 Å². The van der Waals surface area contributed by atoms with Crippen LogP contribution in [0.2, 0.25) is 0 Å². The van der Waals surface area contributed by atoms with Gasteiger partial charge in [0.05, 0.1) is 17.3 Å². The smallest absolute Gasteiger partial charge is 0.221 e. The molecular formula is C15H13N3O2. The van der Waals surface area contributed by atoms with E-state index in [4.69, 9.17) is 15.7 Å². The summed E-state index contributed by atoms with van der Waals surface area (Å²) in [6, 6.07) is 13.7. The highest BCUT2D eigenvalue weighted by Crippen LogP contribution is 2.30. The normalized spacial score (nSPS) is 9.60. The summed E-state index contributed by atoms with van der Waals surface area (Å²) in [6.45, 7) is 1.43. The molecule has 2 aromatic rings. The lowest BCUT2D eigenvalue weighted by Gasteiger charge is -2.10. The largest absolute Gasteiger partial charge is 0.455 e. The number of nitriles is 1. The molecule has 1 amide bonds. The SMILES string of the molecule is CC(=O)Nc1ccc(N)c(Oc2ccc(C#N)cc2)c1. The van der Waals surface area contributed by atoms with E-state index >= 15 is 0 Å². The Morgan fingerprint density at radius 3 is 2.55 bits per heavy atom. The van der Waals surface area contributed by atoms with Gasteiger partial charge >= 0.3 is 0 Å². The average molecular weight is 267 g/mol. The molecule has 100 valence electrons. The van der Waals surface area contributed by atoms with Crippen molar-refractivity contribution in [1.29, 1.82) is 5.26 Å². The summed E-state index contributed by atoms with van der Waals surface area (Å²) in [4.78, 5) is 11.0. The minimum atomic E-state index is -0.168. The van der Waals surface area contributed by atoms with Crippen LogP contribution in [0.3, 0.4) is 0 Å². The summed E-state index contributed by atoms with van der Waals surface area (Å²) in [7, 11) is 0. The molecule has 5 heteroatoms. The molecule has 5 nitrogen and oxygen atoms in total. The van der Waals surface area contributed by atoms with Gasteiger partial charge < -0.3 is 15.8 Å². The molecule has 0 aromatic heterocycles. The van der Waals surface area contributed by atoms with Crippen molar-refractivity contribution in [3.8, 4) is 17.6 Å². The molecule has 0 radical (unpaired) electrons. The quantitative estimate of drug-likeness (QED) is 0.837. The number of hydrogen-bond acceptors (Lipinski definition) is 4. The first kappa shape index (κ1) is 13.4. The lowest BCUT2D eigenvalue weighted by Crippen LogP contribution is -2.06. The molecule has 0 unspecified atom stereocenters. The lowest BCUT2D eigenvalue weighted by molar-refractivity contribution is -0.114. The summed E-state index contributed by atoms with van der Waals surface area (Å²) in [5.74, 6) is 0.843. The van der Waals surface area contributed by atoms with E-state index in [2.05, 4.69) is 5.32 Å². The fourth-order valence-corrected chi connectivity index (χ4v) is 1.63. The fourth-order valence-electron chi connectivity index (χ4n) is 1.63. The maximum absolute atomic E-state index is 11.0. The molecule has 0 bridgehead atoms. The second-order valence-corrected chi connectivity index (χ2v) is 4.17. The summed E-state index contributed by atoms with van der Waals surface area (Å²) < 4.78 is 5.65. The van der Waals surface area contributed by atoms with Crippen LogP contribution in [0.15, 0.2) is 42.5 Å². The van der Waals surface area contributed by atoms with Crippen LogP contribution in [0, 0.1) is 11.3 Å². The molecule has 0 fully saturated rings. The van der Waals surface area contributed by atoms with Gasteiger partial charge in [-0.2, -0.15) is 5.26 Å². The minimum absolute atomic E-state index is 0.168. The molecule has 0 saturated carbocycles. The lowest BCUT2D eigenvalue weighted by atomic mass is 10.2. The highest BCUT2D eigenvalue weighted by Gasteiger charge is 2.05. The molecule has 0 aliphatic rings. The van der Waals surface area contributed by atoms with E-state index in [9.17, 15) is 4.79 Å². The highest BCUT2D eigenvalue weighted by molar-refractivity contribution is 5.89. The maximum atomic E-state index is 11.0. The third-order valence-corrected chi connectivity index (χ3v) is 2.55. The topological polar surface area (TPSA) is 88.1 Å². The maximum Gasteiger partial charge on any atom is 0.221 e. The molecule has 0 heterocycles. The predicted octanol–water partition coefficient (Wildman–Crippen LogP) is 2.89. The Labute approximate surface area is 116 Å². The first-order chi connectivity index (χ1) is 9.58. The van der Waals surface area contributed by atoms with Gasteiger partial charge in [0, 0.05) is 18.7 Å². The zero-order valence-electron chi connectivity index (χ0n) is 10.9. The Kier molecular flexibility index (Phi) is 3.87. The molecular weight excluding hydrogens is 254 g/mol. The highest BCUT2D eigenvalue weighted by atomic mass is 16.5. The Hall–Kier alpha value is -3.00. The standard InChI is InChI=1S/C15H13N3O2/c1-10(19)18-12-4-7-14(17)15(8-12)20-13-5-2-11(9-16)3-6-13/h2-8H,17H2,1H3,(H,18,19). The number of hydrogen-bond donors (Lipinski definition) is 2. The monoisotopic (exact) mass is 267 g/mol. The number of nitrogens with two attached hydrogens (primary N) is 1. The van der Waals surface area contributed by atoms with Gasteiger partial charge in [-0.15, -0.1) is 0 Å². The first-order valence-corrected chi connectivity index (χ1v) is 5.93. The summed E-state index contributed by atoms with van der Waals surface area (Å²) in [5, 5.41) is 11.4. The van der Waals surface area contributed by atoms with Crippen LogP contribution in [0.25, 0.3) is 0 Å². The number of anilines is 2. The third kappa shape index (κ3) is 3.27. The van der Waals surface area contributed by atoms with E-state index in [1.807, 2.05) is 6.07 Å². The van der Waals surface area contributed by atoms with Crippen LogP contribution < -0.4 is 15.8 Å². The fraction of sp³-hybridized carbons (Fsp3) is 0.0667. The van der Waals surface area contributed by atoms with E-state index in [1.54, 1.807) is 42.5 Å². The molecule has 20 heavy (non-hydrogen) atoms. The Morgan fingerprint density at radius 1 is 1.25 bits per heavy atom. The van der Waals surface area contributed by atoms with Crippen molar-refractivity contribution in [2.24, 2.45) is 0 Å².